The fraction of sp³-hybridized carbons (Fsp3) is 0.118. The van der Waals surface area contributed by atoms with E-state index in [4.69, 9.17) is 5.73 Å². The molecule has 0 bridgehead atoms. The topological polar surface area (TPSA) is 101 Å². The molecule has 6 nitrogen and oxygen atoms in total. The molecule has 0 fully saturated rings. The molecule has 0 radical (unpaired) electrons. The first-order chi connectivity index (χ1) is 11.0. The number of hydrogen-bond acceptors (Lipinski definition) is 3. The van der Waals surface area contributed by atoms with Gasteiger partial charge in [-0.15, -0.1) is 0 Å². The molecule has 0 saturated carbocycles. The number of benzene rings is 2. The second kappa shape index (κ2) is 7.22. The molecule has 1 unspecified atom stereocenters. The third-order valence-electron chi connectivity index (χ3n) is 3.28. The largest absolute Gasteiger partial charge is 0.366 e. The fourth-order valence-electron chi connectivity index (χ4n) is 1.99. The maximum absolute atomic E-state index is 11.9. The number of amides is 3. The zero-order valence-corrected chi connectivity index (χ0v) is 12.6. The van der Waals surface area contributed by atoms with Crippen LogP contribution in [0.2, 0.25) is 0 Å². The molecule has 0 heterocycles. The van der Waals surface area contributed by atoms with Crippen molar-refractivity contribution < 1.29 is 14.4 Å². The summed E-state index contributed by atoms with van der Waals surface area (Å²) >= 11 is 0. The first-order valence-corrected chi connectivity index (χ1v) is 7.04. The molecule has 2 aromatic rings. The van der Waals surface area contributed by atoms with Crippen molar-refractivity contribution in [1.29, 1.82) is 0 Å². The Hall–Kier alpha value is -3.15. The van der Waals surface area contributed by atoms with Crippen molar-refractivity contribution in [3.8, 4) is 0 Å². The van der Waals surface area contributed by atoms with Gasteiger partial charge in [-0.05, 0) is 36.8 Å². The quantitative estimate of drug-likeness (QED) is 0.747. The molecule has 6 heteroatoms. The second-order valence-corrected chi connectivity index (χ2v) is 5.00. The minimum Gasteiger partial charge on any atom is -0.366 e. The highest BCUT2D eigenvalue weighted by Crippen LogP contribution is 2.12. The predicted molar refractivity (Wildman–Crippen MR) is 86.6 cm³/mol. The molecule has 2 rings (SSSR count). The summed E-state index contributed by atoms with van der Waals surface area (Å²) in [5.74, 6) is -2.07. The van der Waals surface area contributed by atoms with E-state index >= 15 is 0 Å². The van der Waals surface area contributed by atoms with Gasteiger partial charge < -0.3 is 16.4 Å². The third kappa shape index (κ3) is 4.41. The summed E-state index contributed by atoms with van der Waals surface area (Å²) in [7, 11) is 0. The van der Waals surface area contributed by atoms with E-state index < -0.39 is 17.7 Å². The maximum atomic E-state index is 11.9. The van der Waals surface area contributed by atoms with Gasteiger partial charge in [-0.25, -0.2) is 0 Å². The summed E-state index contributed by atoms with van der Waals surface area (Å²) in [6.45, 7) is 1.79. The van der Waals surface area contributed by atoms with E-state index in [1.165, 1.54) is 24.3 Å². The van der Waals surface area contributed by atoms with Gasteiger partial charge in [0.1, 0.15) is 0 Å². The van der Waals surface area contributed by atoms with E-state index in [-0.39, 0.29) is 6.04 Å². The minimum atomic E-state index is -0.778. The summed E-state index contributed by atoms with van der Waals surface area (Å²) in [6, 6.07) is 15.0. The molecule has 0 aliphatic heterocycles. The van der Waals surface area contributed by atoms with Gasteiger partial charge in [0.2, 0.25) is 5.91 Å². The zero-order valence-electron chi connectivity index (χ0n) is 12.6. The molecule has 0 aliphatic rings. The van der Waals surface area contributed by atoms with Gasteiger partial charge in [0, 0.05) is 11.3 Å². The summed E-state index contributed by atoms with van der Waals surface area (Å²) in [5, 5.41) is 5.08. The van der Waals surface area contributed by atoms with Crippen LogP contribution in [0.1, 0.15) is 28.9 Å². The lowest BCUT2D eigenvalue weighted by atomic mass is 10.1. The molecule has 23 heavy (non-hydrogen) atoms. The molecular weight excluding hydrogens is 294 g/mol. The Morgan fingerprint density at radius 2 is 1.52 bits per heavy atom. The predicted octanol–water partition coefficient (Wildman–Crippen LogP) is 1.60. The Bertz CT molecular complexity index is 712. The molecule has 0 aromatic heterocycles. The first kappa shape index (κ1) is 16.2. The van der Waals surface area contributed by atoms with Crippen molar-refractivity contribution in [2.24, 2.45) is 5.73 Å². The van der Waals surface area contributed by atoms with Crippen molar-refractivity contribution in [1.82, 2.24) is 5.32 Å². The smallest absolute Gasteiger partial charge is 0.313 e. The second-order valence-electron chi connectivity index (χ2n) is 5.00. The Labute approximate surface area is 133 Å². The van der Waals surface area contributed by atoms with Gasteiger partial charge in [0.05, 0.1) is 6.04 Å². The van der Waals surface area contributed by atoms with Crippen LogP contribution >= 0.6 is 0 Å². The third-order valence-corrected chi connectivity index (χ3v) is 3.28. The summed E-state index contributed by atoms with van der Waals surface area (Å²) in [5.41, 5.74) is 6.76. The molecule has 3 amide bonds. The molecule has 0 aliphatic carbocycles. The van der Waals surface area contributed by atoms with Crippen LogP contribution in [0.5, 0.6) is 0 Å². The standard InChI is InChI=1S/C17H17N3O3/c1-11(12-5-3-2-4-6-12)19-16(22)17(23)20-14-9-7-13(8-10-14)15(18)21/h2-11H,1H3,(H2,18,21)(H,19,22)(H,20,23). The van der Waals surface area contributed by atoms with Crippen LogP contribution in [-0.2, 0) is 9.59 Å². The van der Waals surface area contributed by atoms with Gasteiger partial charge in [-0.1, -0.05) is 30.3 Å². The van der Waals surface area contributed by atoms with Gasteiger partial charge in [-0.2, -0.15) is 0 Å². The van der Waals surface area contributed by atoms with Crippen LogP contribution in [0, 0.1) is 0 Å². The number of carbonyl (C=O) groups is 3. The first-order valence-electron chi connectivity index (χ1n) is 7.04. The van der Waals surface area contributed by atoms with E-state index in [9.17, 15) is 14.4 Å². The van der Waals surface area contributed by atoms with Crippen molar-refractivity contribution in [3.63, 3.8) is 0 Å². The van der Waals surface area contributed by atoms with E-state index in [0.717, 1.165) is 5.56 Å². The zero-order chi connectivity index (χ0) is 16.8. The van der Waals surface area contributed by atoms with Crippen LogP contribution in [0.25, 0.3) is 0 Å². The average Bonchev–Trinajstić information content (AvgIpc) is 2.56. The number of anilines is 1. The van der Waals surface area contributed by atoms with Crippen LogP contribution in [0.3, 0.4) is 0 Å². The summed E-state index contributed by atoms with van der Waals surface area (Å²) in [6.07, 6.45) is 0. The van der Waals surface area contributed by atoms with E-state index in [1.807, 2.05) is 30.3 Å². The Morgan fingerprint density at radius 1 is 0.913 bits per heavy atom. The molecule has 0 saturated heterocycles. The Kier molecular flexibility index (Phi) is 5.09. The van der Waals surface area contributed by atoms with Crippen LogP contribution in [0.4, 0.5) is 5.69 Å². The highest BCUT2D eigenvalue weighted by atomic mass is 16.2. The van der Waals surface area contributed by atoms with Crippen molar-refractivity contribution in [2.75, 3.05) is 5.32 Å². The normalized spacial score (nSPS) is 11.3. The van der Waals surface area contributed by atoms with Crippen molar-refractivity contribution in [3.05, 3.63) is 65.7 Å². The molecule has 2 aromatic carbocycles. The van der Waals surface area contributed by atoms with Gasteiger partial charge in [0.25, 0.3) is 0 Å². The number of rotatable bonds is 4. The van der Waals surface area contributed by atoms with Crippen molar-refractivity contribution in [2.45, 2.75) is 13.0 Å². The maximum Gasteiger partial charge on any atom is 0.313 e. The minimum absolute atomic E-state index is 0.285. The lowest BCUT2D eigenvalue weighted by molar-refractivity contribution is -0.136. The average molecular weight is 311 g/mol. The van der Waals surface area contributed by atoms with Crippen LogP contribution in [-0.4, -0.2) is 17.7 Å². The highest BCUT2D eigenvalue weighted by molar-refractivity contribution is 6.39. The number of primary amides is 1. The van der Waals surface area contributed by atoms with Gasteiger partial charge in [-0.3, -0.25) is 14.4 Å². The molecule has 118 valence electrons. The SMILES string of the molecule is CC(NC(=O)C(=O)Nc1ccc(C(N)=O)cc1)c1ccccc1. The molecule has 1 atom stereocenters. The Balaban J connectivity index is 1.94. The summed E-state index contributed by atoms with van der Waals surface area (Å²) in [4.78, 5) is 34.8. The van der Waals surface area contributed by atoms with Gasteiger partial charge in [0.15, 0.2) is 0 Å². The van der Waals surface area contributed by atoms with E-state index in [2.05, 4.69) is 10.6 Å². The van der Waals surface area contributed by atoms with Gasteiger partial charge >= 0.3 is 11.8 Å². The lowest BCUT2D eigenvalue weighted by Crippen LogP contribution is -2.36. The van der Waals surface area contributed by atoms with Crippen molar-refractivity contribution >= 4 is 23.4 Å². The fourth-order valence-corrected chi connectivity index (χ4v) is 1.99. The molecular formula is C17H17N3O3. The molecule has 4 N–H and O–H groups in total. The summed E-state index contributed by atoms with van der Waals surface area (Å²) < 4.78 is 0. The monoisotopic (exact) mass is 311 g/mol. The number of carbonyl (C=O) groups excluding carboxylic acids is 3. The number of nitrogens with one attached hydrogen (secondary N) is 2. The number of hydrogen-bond donors (Lipinski definition) is 3. The number of nitrogens with two attached hydrogens (primary N) is 1. The molecule has 0 spiro atoms. The lowest BCUT2D eigenvalue weighted by Gasteiger charge is -2.14. The van der Waals surface area contributed by atoms with E-state index in [0.29, 0.717) is 11.3 Å². The highest BCUT2D eigenvalue weighted by Gasteiger charge is 2.17. The van der Waals surface area contributed by atoms with E-state index in [1.54, 1.807) is 6.92 Å². The Morgan fingerprint density at radius 3 is 2.09 bits per heavy atom. The van der Waals surface area contributed by atoms with Crippen LogP contribution in [0.15, 0.2) is 54.6 Å². The van der Waals surface area contributed by atoms with Crippen LogP contribution < -0.4 is 16.4 Å².